The average molecular weight is 344 g/mol. The third-order valence-electron chi connectivity index (χ3n) is 4.19. The molecule has 1 aromatic carbocycles. The smallest absolute Gasteiger partial charge is 0.300 e. The molecule has 1 N–H and O–H groups in total. The molecule has 6 nitrogen and oxygen atoms in total. The van der Waals surface area contributed by atoms with Crippen LogP contribution in [0.1, 0.15) is 25.7 Å². The lowest BCUT2D eigenvalue weighted by Gasteiger charge is -2.21. The van der Waals surface area contributed by atoms with E-state index in [1.165, 1.54) is 31.9 Å². The highest BCUT2D eigenvalue weighted by Gasteiger charge is 2.16. The summed E-state index contributed by atoms with van der Waals surface area (Å²) in [7, 11) is 0. The second-order valence-corrected chi connectivity index (χ2v) is 6.33. The minimum atomic E-state index is 0.400. The molecule has 0 atom stereocenters. The van der Waals surface area contributed by atoms with Gasteiger partial charge in [0.15, 0.2) is 0 Å². The normalized spacial score (nSPS) is 15.5. The van der Waals surface area contributed by atoms with E-state index < -0.39 is 0 Å². The van der Waals surface area contributed by atoms with Crippen LogP contribution in [0.4, 0.5) is 17.8 Å². The number of anilines is 3. The molecule has 0 unspecified atom stereocenters. The van der Waals surface area contributed by atoms with Crippen molar-refractivity contribution in [3.05, 3.63) is 35.7 Å². The molecule has 1 saturated heterocycles. The number of nitrogens with zero attached hydrogens (tertiary/aromatic N) is 4. The average Bonchev–Trinajstić information content (AvgIpc) is 2.94. The first-order valence-electron chi connectivity index (χ1n) is 8.18. The fourth-order valence-electron chi connectivity index (χ4n) is 2.98. The molecular weight excluding hydrogens is 326 g/mol. The predicted octanol–water partition coefficient (Wildman–Crippen LogP) is 4.40. The van der Waals surface area contributed by atoms with E-state index in [0.29, 0.717) is 16.9 Å². The van der Waals surface area contributed by atoms with Crippen LogP contribution in [-0.2, 0) is 0 Å². The molecular formula is C17H18ClN5O. The summed E-state index contributed by atoms with van der Waals surface area (Å²) in [6, 6.07) is 6.02. The van der Waals surface area contributed by atoms with Gasteiger partial charge in [-0.05, 0) is 31.0 Å². The second kappa shape index (κ2) is 6.65. The van der Waals surface area contributed by atoms with Gasteiger partial charge < -0.3 is 9.32 Å². The zero-order valence-electron chi connectivity index (χ0n) is 13.2. The van der Waals surface area contributed by atoms with Crippen molar-refractivity contribution in [3.8, 4) is 0 Å². The molecule has 7 heteroatoms. The van der Waals surface area contributed by atoms with Gasteiger partial charge in [0.05, 0.1) is 11.7 Å². The summed E-state index contributed by atoms with van der Waals surface area (Å²) in [6.45, 7) is 1.97. The molecule has 0 aliphatic carbocycles. The van der Waals surface area contributed by atoms with Gasteiger partial charge in [0.2, 0.25) is 5.95 Å². The number of halogens is 1. The summed E-state index contributed by atoms with van der Waals surface area (Å²) in [6.07, 6.45) is 7.99. The maximum absolute atomic E-state index is 6.15. The first-order valence-corrected chi connectivity index (χ1v) is 8.56. The van der Waals surface area contributed by atoms with E-state index in [9.17, 15) is 0 Å². The summed E-state index contributed by atoms with van der Waals surface area (Å²) < 4.78 is 5.29. The summed E-state index contributed by atoms with van der Waals surface area (Å²) in [5.74, 6) is 1.39. The number of hydrogen-bond donors (Lipinski definition) is 1. The Morgan fingerprint density at radius 3 is 2.67 bits per heavy atom. The van der Waals surface area contributed by atoms with E-state index in [4.69, 9.17) is 26.0 Å². The van der Waals surface area contributed by atoms with E-state index in [0.717, 1.165) is 29.9 Å². The predicted molar refractivity (Wildman–Crippen MR) is 95.0 cm³/mol. The molecule has 0 amide bonds. The van der Waals surface area contributed by atoms with Gasteiger partial charge in [0.25, 0.3) is 6.01 Å². The molecule has 24 heavy (non-hydrogen) atoms. The van der Waals surface area contributed by atoms with Crippen LogP contribution in [0.2, 0.25) is 5.02 Å². The zero-order valence-corrected chi connectivity index (χ0v) is 14.0. The van der Waals surface area contributed by atoms with Gasteiger partial charge in [-0.3, -0.25) is 5.32 Å². The van der Waals surface area contributed by atoms with Crippen molar-refractivity contribution in [3.63, 3.8) is 0 Å². The van der Waals surface area contributed by atoms with Gasteiger partial charge in [-0.1, -0.05) is 24.4 Å². The molecule has 0 radical (unpaired) electrons. The molecule has 1 aliphatic heterocycles. The lowest BCUT2D eigenvalue weighted by molar-refractivity contribution is 0.577. The van der Waals surface area contributed by atoms with E-state index in [2.05, 4.69) is 15.2 Å². The van der Waals surface area contributed by atoms with Gasteiger partial charge in [-0.2, -0.15) is 4.98 Å². The molecule has 2 aromatic heterocycles. The van der Waals surface area contributed by atoms with Gasteiger partial charge >= 0.3 is 0 Å². The van der Waals surface area contributed by atoms with Crippen molar-refractivity contribution < 1.29 is 4.42 Å². The Morgan fingerprint density at radius 1 is 1.08 bits per heavy atom. The first-order chi connectivity index (χ1) is 11.8. The number of oxazole rings is 1. The number of rotatable bonds is 3. The molecule has 0 spiro atoms. The SMILES string of the molecule is Clc1ccc2nc(N3CCCCCC3)nc(Nc3ncco3)c2c1. The van der Waals surface area contributed by atoms with Crippen molar-refractivity contribution in [2.24, 2.45) is 0 Å². The fourth-order valence-corrected chi connectivity index (χ4v) is 3.15. The maximum atomic E-state index is 6.15. The Labute approximate surface area is 144 Å². The van der Waals surface area contributed by atoms with Gasteiger partial charge in [0, 0.05) is 23.5 Å². The van der Waals surface area contributed by atoms with E-state index in [1.807, 2.05) is 18.2 Å². The topological polar surface area (TPSA) is 67.1 Å². The van der Waals surface area contributed by atoms with E-state index >= 15 is 0 Å². The van der Waals surface area contributed by atoms with Crippen LogP contribution < -0.4 is 10.2 Å². The third-order valence-corrected chi connectivity index (χ3v) is 4.43. The second-order valence-electron chi connectivity index (χ2n) is 5.90. The lowest BCUT2D eigenvalue weighted by atomic mass is 10.2. The van der Waals surface area contributed by atoms with Crippen molar-refractivity contribution in [1.29, 1.82) is 0 Å². The molecule has 0 saturated carbocycles. The van der Waals surface area contributed by atoms with Gasteiger partial charge in [0.1, 0.15) is 12.1 Å². The monoisotopic (exact) mass is 343 g/mol. The van der Waals surface area contributed by atoms with Crippen LogP contribution >= 0.6 is 11.6 Å². The van der Waals surface area contributed by atoms with Crippen molar-refractivity contribution in [1.82, 2.24) is 15.0 Å². The molecule has 3 aromatic rings. The van der Waals surface area contributed by atoms with Crippen LogP contribution in [0.3, 0.4) is 0 Å². The molecule has 1 aliphatic rings. The number of fused-ring (bicyclic) bond motifs is 1. The summed E-state index contributed by atoms with van der Waals surface area (Å²) in [5.41, 5.74) is 0.850. The lowest BCUT2D eigenvalue weighted by Crippen LogP contribution is -2.26. The van der Waals surface area contributed by atoms with Crippen molar-refractivity contribution >= 4 is 40.3 Å². The van der Waals surface area contributed by atoms with Gasteiger partial charge in [-0.15, -0.1) is 0 Å². The largest absolute Gasteiger partial charge is 0.432 e. The van der Waals surface area contributed by atoms with E-state index in [1.54, 1.807) is 6.20 Å². The molecule has 124 valence electrons. The summed E-state index contributed by atoms with van der Waals surface area (Å²) in [4.78, 5) is 15.8. The van der Waals surface area contributed by atoms with Crippen LogP contribution in [0.25, 0.3) is 10.9 Å². The molecule has 0 bridgehead atoms. The standard InChI is InChI=1S/C17H18ClN5O/c18-12-5-6-14-13(11-12)15(22-17-19-7-10-24-17)21-16(20-14)23-8-3-1-2-4-9-23/h5-7,10-11H,1-4,8-9H2,(H,19,20,21,22). The minimum absolute atomic E-state index is 0.400. The quantitative estimate of drug-likeness (QED) is 0.760. The molecule has 4 rings (SSSR count). The third kappa shape index (κ3) is 3.14. The highest BCUT2D eigenvalue weighted by molar-refractivity contribution is 6.31. The first kappa shape index (κ1) is 15.2. The minimum Gasteiger partial charge on any atom is -0.432 e. The Bertz CT molecular complexity index is 828. The number of nitrogens with one attached hydrogen (secondary N) is 1. The maximum Gasteiger partial charge on any atom is 0.300 e. The van der Waals surface area contributed by atoms with Crippen LogP contribution in [0.15, 0.2) is 35.1 Å². The highest BCUT2D eigenvalue weighted by Crippen LogP contribution is 2.29. The zero-order chi connectivity index (χ0) is 16.4. The number of hydrogen-bond acceptors (Lipinski definition) is 6. The Hall–Kier alpha value is -2.34. The number of aromatic nitrogens is 3. The van der Waals surface area contributed by atoms with Crippen molar-refractivity contribution in [2.45, 2.75) is 25.7 Å². The Balaban J connectivity index is 1.79. The summed E-state index contributed by atoms with van der Waals surface area (Å²) >= 11 is 6.15. The highest BCUT2D eigenvalue weighted by atomic mass is 35.5. The molecule has 1 fully saturated rings. The van der Waals surface area contributed by atoms with Crippen LogP contribution in [-0.4, -0.2) is 28.0 Å². The summed E-state index contributed by atoms with van der Waals surface area (Å²) in [5, 5.41) is 4.62. The van der Waals surface area contributed by atoms with Crippen LogP contribution in [0, 0.1) is 0 Å². The number of benzene rings is 1. The Morgan fingerprint density at radius 2 is 1.92 bits per heavy atom. The fraction of sp³-hybridized carbons (Fsp3) is 0.353. The van der Waals surface area contributed by atoms with Crippen LogP contribution in [0.5, 0.6) is 0 Å². The van der Waals surface area contributed by atoms with Crippen molar-refractivity contribution in [2.75, 3.05) is 23.3 Å². The van der Waals surface area contributed by atoms with E-state index in [-0.39, 0.29) is 0 Å². The Kier molecular flexibility index (Phi) is 4.21. The molecule has 3 heterocycles. The van der Waals surface area contributed by atoms with Gasteiger partial charge in [-0.25, -0.2) is 9.97 Å².